The van der Waals surface area contributed by atoms with Crippen molar-refractivity contribution in [2.75, 3.05) is 11.9 Å². The van der Waals surface area contributed by atoms with Crippen molar-refractivity contribution in [3.8, 4) is 16.3 Å². The first kappa shape index (κ1) is 13.9. The fourth-order valence-corrected chi connectivity index (χ4v) is 3.99. The van der Waals surface area contributed by atoms with E-state index in [9.17, 15) is 0 Å². The molecule has 112 valence electrons. The molecule has 5 heteroatoms. The highest BCUT2D eigenvalue weighted by Crippen LogP contribution is 2.37. The normalized spacial score (nSPS) is 13.2. The fraction of sp³-hybridized carbons (Fsp3) is 0.235. The molecule has 0 radical (unpaired) electrons. The van der Waals surface area contributed by atoms with E-state index >= 15 is 0 Å². The molecular formula is C17H16ClN3S. The number of nitrogens with zero attached hydrogens (tertiary/aromatic N) is 2. The van der Waals surface area contributed by atoms with Crippen molar-refractivity contribution in [2.24, 2.45) is 0 Å². The van der Waals surface area contributed by atoms with Crippen molar-refractivity contribution >= 4 is 28.8 Å². The van der Waals surface area contributed by atoms with Crippen LogP contribution in [0.1, 0.15) is 16.7 Å². The number of fused-ring (bicyclic) bond motifs is 1. The van der Waals surface area contributed by atoms with E-state index in [1.165, 1.54) is 16.0 Å². The van der Waals surface area contributed by atoms with Gasteiger partial charge in [0.25, 0.3) is 0 Å². The minimum Gasteiger partial charge on any atom is -0.369 e. The van der Waals surface area contributed by atoms with Crippen molar-refractivity contribution in [2.45, 2.75) is 20.3 Å². The minimum absolute atomic E-state index is 0.733. The second-order valence-electron chi connectivity index (χ2n) is 5.68. The van der Waals surface area contributed by atoms with Gasteiger partial charge in [-0.15, -0.1) is 11.3 Å². The molecule has 0 spiro atoms. The standard InChI is InChI=1S/C17H16ClN3S/c1-10-7-15(22-9-10)16-13-5-6-19-17(13)21(20-16)14-8-12(18)4-3-11(14)2/h3-4,7-9,19H,5-6H2,1-2H3. The van der Waals surface area contributed by atoms with Gasteiger partial charge in [0.15, 0.2) is 0 Å². The average molecular weight is 330 g/mol. The molecule has 22 heavy (non-hydrogen) atoms. The molecule has 1 aliphatic rings. The molecule has 0 aliphatic carbocycles. The number of aromatic nitrogens is 2. The fourth-order valence-electron chi connectivity index (χ4n) is 2.91. The number of hydrogen-bond acceptors (Lipinski definition) is 3. The first-order valence-corrected chi connectivity index (χ1v) is 8.57. The zero-order chi connectivity index (χ0) is 15.3. The lowest BCUT2D eigenvalue weighted by molar-refractivity contribution is 0.876. The van der Waals surface area contributed by atoms with E-state index in [0.717, 1.165) is 40.8 Å². The molecule has 1 aliphatic heterocycles. The molecule has 2 aromatic heterocycles. The van der Waals surface area contributed by atoms with Crippen LogP contribution in [-0.2, 0) is 6.42 Å². The largest absolute Gasteiger partial charge is 0.369 e. The summed E-state index contributed by atoms with van der Waals surface area (Å²) in [6.07, 6.45) is 1.02. The molecular weight excluding hydrogens is 314 g/mol. The molecule has 0 amide bonds. The number of anilines is 1. The molecule has 3 nitrogen and oxygen atoms in total. The number of thiophene rings is 1. The van der Waals surface area contributed by atoms with Crippen LogP contribution < -0.4 is 5.32 Å². The van der Waals surface area contributed by atoms with Gasteiger partial charge in [0.2, 0.25) is 0 Å². The summed E-state index contributed by atoms with van der Waals surface area (Å²) >= 11 is 7.94. The molecule has 1 N–H and O–H groups in total. The third-order valence-electron chi connectivity index (χ3n) is 4.01. The maximum atomic E-state index is 6.19. The third-order valence-corrected chi connectivity index (χ3v) is 5.30. The van der Waals surface area contributed by atoms with E-state index in [0.29, 0.717) is 0 Å². The molecule has 0 saturated carbocycles. The van der Waals surface area contributed by atoms with Gasteiger partial charge >= 0.3 is 0 Å². The molecule has 4 rings (SSSR count). The summed E-state index contributed by atoms with van der Waals surface area (Å²) < 4.78 is 2.01. The Hall–Kier alpha value is -1.78. The predicted molar refractivity (Wildman–Crippen MR) is 93.6 cm³/mol. The van der Waals surface area contributed by atoms with Gasteiger partial charge in [-0.05, 0) is 55.0 Å². The van der Waals surface area contributed by atoms with Gasteiger partial charge in [-0.2, -0.15) is 5.10 Å². The molecule has 0 saturated heterocycles. The Bertz CT molecular complexity index is 863. The second-order valence-corrected chi connectivity index (χ2v) is 7.03. The van der Waals surface area contributed by atoms with Crippen LogP contribution in [-0.4, -0.2) is 16.3 Å². The van der Waals surface area contributed by atoms with Gasteiger partial charge in [-0.1, -0.05) is 17.7 Å². The highest BCUT2D eigenvalue weighted by Gasteiger charge is 2.25. The lowest BCUT2D eigenvalue weighted by Crippen LogP contribution is -2.05. The summed E-state index contributed by atoms with van der Waals surface area (Å²) in [4.78, 5) is 1.23. The molecule has 0 unspecified atom stereocenters. The quantitative estimate of drug-likeness (QED) is 0.729. The van der Waals surface area contributed by atoms with Crippen LogP contribution in [0.2, 0.25) is 5.02 Å². The molecule has 1 aromatic carbocycles. The Labute approximate surface area is 138 Å². The molecule has 3 heterocycles. The van der Waals surface area contributed by atoms with Crippen molar-refractivity contribution in [3.05, 3.63) is 51.4 Å². The number of benzene rings is 1. The maximum Gasteiger partial charge on any atom is 0.133 e. The van der Waals surface area contributed by atoms with E-state index in [2.05, 4.69) is 30.6 Å². The van der Waals surface area contributed by atoms with Crippen LogP contribution in [0.3, 0.4) is 0 Å². The van der Waals surface area contributed by atoms with Gasteiger partial charge in [-0.3, -0.25) is 0 Å². The van der Waals surface area contributed by atoms with E-state index in [1.54, 1.807) is 11.3 Å². The summed E-state index contributed by atoms with van der Waals surface area (Å²) in [5.74, 6) is 1.10. The first-order valence-electron chi connectivity index (χ1n) is 7.31. The molecule has 0 fully saturated rings. The van der Waals surface area contributed by atoms with E-state index in [1.807, 2.05) is 22.9 Å². The second kappa shape index (κ2) is 5.14. The van der Waals surface area contributed by atoms with E-state index in [-0.39, 0.29) is 0 Å². The Balaban J connectivity index is 1.93. The number of aryl methyl sites for hydroxylation is 2. The SMILES string of the molecule is Cc1csc(-c2nn(-c3cc(Cl)ccc3C)c3c2CCN3)c1. The highest BCUT2D eigenvalue weighted by molar-refractivity contribution is 7.13. The van der Waals surface area contributed by atoms with E-state index < -0.39 is 0 Å². The molecule has 0 atom stereocenters. The number of hydrogen-bond donors (Lipinski definition) is 1. The summed E-state index contributed by atoms with van der Waals surface area (Å²) in [5.41, 5.74) is 5.89. The first-order chi connectivity index (χ1) is 10.6. The lowest BCUT2D eigenvalue weighted by atomic mass is 10.1. The van der Waals surface area contributed by atoms with Crippen LogP contribution in [0, 0.1) is 13.8 Å². The van der Waals surface area contributed by atoms with Crippen LogP contribution in [0.5, 0.6) is 0 Å². The van der Waals surface area contributed by atoms with Crippen LogP contribution in [0.15, 0.2) is 29.6 Å². The Morgan fingerprint density at radius 1 is 1.27 bits per heavy atom. The van der Waals surface area contributed by atoms with Gasteiger partial charge in [0.1, 0.15) is 11.5 Å². The van der Waals surface area contributed by atoms with Gasteiger partial charge in [-0.25, -0.2) is 4.68 Å². The van der Waals surface area contributed by atoms with Gasteiger partial charge in [0, 0.05) is 17.1 Å². The number of rotatable bonds is 2. The summed E-state index contributed by atoms with van der Waals surface area (Å²) in [6.45, 7) is 5.17. The molecule has 0 bridgehead atoms. The van der Waals surface area contributed by atoms with Crippen molar-refractivity contribution < 1.29 is 0 Å². The zero-order valence-electron chi connectivity index (χ0n) is 12.5. The summed E-state index contributed by atoms with van der Waals surface area (Å²) in [6, 6.07) is 8.14. The number of halogens is 1. The lowest BCUT2D eigenvalue weighted by Gasteiger charge is -2.09. The monoisotopic (exact) mass is 329 g/mol. The Morgan fingerprint density at radius 2 is 2.14 bits per heavy atom. The average Bonchev–Trinajstić information content (AvgIpc) is 3.17. The van der Waals surface area contributed by atoms with Crippen molar-refractivity contribution in [1.29, 1.82) is 0 Å². The number of nitrogens with one attached hydrogen (secondary N) is 1. The van der Waals surface area contributed by atoms with Crippen molar-refractivity contribution in [3.63, 3.8) is 0 Å². The predicted octanol–water partition coefficient (Wildman–Crippen LogP) is 4.84. The highest BCUT2D eigenvalue weighted by atomic mass is 35.5. The van der Waals surface area contributed by atoms with Crippen molar-refractivity contribution in [1.82, 2.24) is 9.78 Å². The topological polar surface area (TPSA) is 29.9 Å². The smallest absolute Gasteiger partial charge is 0.133 e. The Kier molecular flexibility index (Phi) is 3.24. The zero-order valence-corrected chi connectivity index (χ0v) is 14.1. The van der Waals surface area contributed by atoms with Gasteiger partial charge < -0.3 is 5.32 Å². The Morgan fingerprint density at radius 3 is 2.91 bits per heavy atom. The van der Waals surface area contributed by atoms with E-state index in [4.69, 9.17) is 16.7 Å². The molecule has 3 aromatic rings. The summed E-state index contributed by atoms with van der Waals surface area (Å²) in [7, 11) is 0. The van der Waals surface area contributed by atoms with Gasteiger partial charge in [0.05, 0.1) is 10.6 Å². The summed E-state index contributed by atoms with van der Waals surface area (Å²) in [5, 5.41) is 11.3. The minimum atomic E-state index is 0.733. The van der Waals surface area contributed by atoms with Crippen LogP contribution in [0.4, 0.5) is 5.82 Å². The maximum absolute atomic E-state index is 6.19. The third kappa shape index (κ3) is 2.14. The van der Waals surface area contributed by atoms with Crippen LogP contribution >= 0.6 is 22.9 Å². The van der Waals surface area contributed by atoms with Crippen LogP contribution in [0.25, 0.3) is 16.3 Å².